The molecule has 0 fully saturated rings. The van der Waals surface area contributed by atoms with Crippen LogP contribution in [-0.2, 0) is 17.7 Å². The van der Waals surface area contributed by atoms with Crippen LogP contribution in [0.4, 0.5) is 0 Å². The van der Waals surface area contributed by atoms with Gasteiger partial charge in [0.05, 0.1) is 17.4 Å². The number of aliphatic hydroxyl groups is 1. The maximum Gasteiger partial charge on any atom is 0.305 e. The van der Waals surface area contributed by atoms with Crippen LogP contribution in [0.1, 0.15) is 29.7 Å². The van der Waals surface area contributed by atoms with Gasteiger partial charge in [-0.15, -0.1) is 0 Å². The predicted molar refractivity (Wildman–Crippen MR) is 120 cm³/mol. The Morgan fingerprint density at radius 3 is 2.83 bits per heavy atom. The molecule has 1 heterocycles. The van der Waals surface area contributed by atoms with Crippen molar-refractivity contribution in [2.75, 3.05) is 26.8 Å². The van der Waals surface area contributed by atoms with E-state index in [0.717, 1.165) is 30.8 Å². The van der Waals surface area contributed by atoms with E-state index >= 15 is 0 Å². The van der Waals surface area contributed by atoms with Crippen molar-refractivity contribution >= 4 is 21.6 Å². The fourth-order valence-corrected chi connectivity index (χ4v) is 4.30. The number of fused-ring (bicyclic) bond motifs is 1. The minimum atomic E-state index is -0.766. The van der Waals surface area contributed by atoms with Crippen LogP contribution in [0.3, 0.4) is 0 Å². The second kappa shape index (κ2) is 10.7. The van der Waals surface area contributed by atoms with Crippen LogP contribution >= 0.6 is 11.3 Å². The molecule has 162 valence electrons. The average molecular weight is 432 g/mol. The van der Waals surface area contributed by atoms with Crippen molar-refractivity contribution in [3.63, 3.8) is 0 Å². The first-order valence-electron chi connectivity index (χ1n) is 10.0. The van der Waals surface area contributed by atoms with Crippen molar-refractivity contribution in [1.29, 1.82) is 0 Å². The Labute approximate surface area is 179 Å². The van der Waals surface area contributed by atoms with Gasteiger partial charge in [0, 0.05) is 31.8 Å². The van der Waals surface area contributed by atoms with E-state index in [-0.39, 0.29) is 10.6 Å². The first-order chi connectivity index (χ1) is 14.5. The second-order valence-corrected chi connectivity index (χ2v) is 8.40. The molecule has 3 rings (SSSR count). The fourth-order valence-electron chi connectivity index (χ4n) is 3.38. The molecule has 0 amide bonds. The maximum atomic E-state index is 11.6. The fraction of sp³-hybridized carbons (Fsp3) is 0.409. The Morgan fingerprint density at radius 2 is 2.03 bits per heavy atom. The Bertz CT molecular complexity index is 1020. The molecule has 7 nitrogen and oxygen atoms in total. The number of ether oxygens (including phenoxy) is 1. The number of hydrogen-bond donors (Lipinski definition) is 5. The Hall–Kier alpha value is -2.23. The first-order valence-corrected chi connectivity index (χ1v) is 10.8. The number of aromatic nitrogens is 1. The number of hydrogen-bond acceptors (Lipinski definition) is 7. The predicted octanol–water partition coefficient (Wildman–Crippen LogP) is 2.29. The summed E-state index contributed by atoms with van der Waals surface area (Å²) in [5, 5.41) is 27.1. The smallest absolute Gasteiger partial charge is 0.305 e. The number of H-pyrrole nitrogens is 1. The molecule has 0 aliphatic carbocycles. The third-order valence-corrected chi connectivity index (χ3v) is 5.87. The Balaban J connectivity index is 1.50. The number of rotatable bonds is 11. The molecule has 1 aromatic heterocycles. The van der Waals surface area contributed by atoms with Gasteiger partial charge in [-0.3, -0.25) is 4.79 Å². The molecule has 0 aliphatic rings. The molecular weight excluding hydrogens is 402 g/mol. The quantitative estimate of drug-likeness (QED) is 0.298. The average Bonchev–Trinajstić information content (AvgIpc) is 3.12. The largest absolute Gasteiger partial charge is 0.506 e. The summed E-state index contributed by atoms with van der Waals surface area (Å²) in [5.41, 5.74) is 3.47. The highest BCUT2D eigenvalue weighted by atomic mass is 32.1. The van der Waals surface area contributed by atoms with E-state index in [1.54, 1.807) is 13.2 Å². The minimum absolute atomic E-state index is 0.0123. The molecular formula is C22H29N3O4S. The molecule has 0 saturated carbocycles. The summed E-state index contributed by atoms with van der Waals surface area (Å²) >= 11 is 0.996. The summed E-state index contributed by atoms with van der Waals surface area (Å²) in [7, 11) is 1.70. The Kier molecular flexibility index (Phi) is 8.01. The number of aromatic amines is 1. The molecule has 2 atom stereocenters. The van der Waals surface area contributed by atoms with Crippen molar-refractivity contribution in [2.45, 2.75) is 32.0 Å². The van der Waals surface area contributed by atoms with Crippen molar-refractivity contribution in [3.8, 4) is 5.75 Å². The van der Waals surface area contributed by atoms with Crippen LogP contribution in [0, 0.1) is 0 Å². The number of aliphatic hydroxyl groups excluding tert-OH is 1. The number of phenolic OH excluding ortho intramolecular Hbond substituents is 1. The summed E-state index contributed by atoms with van der Waals surface area (Å²) in [5.74, 6) is 0.0123. The number of aromatic hydroxyl groups is 1. The van der Waals surface area contributed by atoms with Gasteiger partial charge >= 0.3 is 4.87 Å². The van der Waals surface area contributed by atoms with Gasteiger partial charge in [-0.1, -0.05) is 41.7 Å². The number of methoxy groups -OCH3 is 1. The van der Waals surface area contributed by atoms with Crippen molar-refractivity contribution in [2.24, 2.45) is 0 Å². The van der Waals surface area contributed by atoms with E-state index in [4.69, 9.17) is 4.74 Å². The molecule has 5 N–H and O–H groups in total. The van der Waals surface area contributed by atoms with Gasteiger partial charge in [0.2, 0.25) is 0 Å². The van der Waals surface area contributed by atoms with E-state index in [0.29, 0.717) is 35.0 Å². The van der Waals surface area contributed by atoms with Gasteiger partial charge in [-0.2, -0.15) is 0 Å². The van der Waals surface area contributed by atoms with Crippen LogP contribution in [0.2, 0.25) is 0 Å². The summed E-state index contributed by atoms with van der Waals surface area (Å²) < 4.78 is 5.74. The van der Waals surface area contributed by atoms with Gasteiger partial charge in [0.15, 0.2) is 0 Å². The van der Waals surface area contributed by atoms with Crippen molar-refractivity contribution in [3.05, 3.63) is 62.8 Å². The van der Waals surface area contributed by atoms with Gasteiger partial charge in [0.1, 0.15) is 11.3 Å². The molecule has 0 aliphatic heterocycles. The Morgan fingerprint density at radius 1 is 1.23 bits per heavy atom. The second-order valence-electron chi connectivity index (χ2n) is 7.42. The summed E-state index contributed by atoms with van der Waals surface area (Å²) in [4.78, 5) is 14.0. The lowest BCUT2D eigenvalue weighted by Gasteiger charge is -2.14. The SMILES string of the molecule is COCC(C)NCc1cccc(CCNCC(O)c2ccc(O)c3[nH]c(=O)sc23)c1. The number of nitrogens with one attached hydrogen (secondary N) is 3. The van der Waals surface area contributed by atoms with Crippen molar-refractivity contribution in [1.82, 2.24) is 15.6 Å². The zero-order chi connectivity index (χ0) is 21.5. The zero-order valence-corrected chi connectivity index (χ0v) is 18.1. The van der Waals surface area contributed by atoms with E-state index < -0.39 is 6.10 Å². The molecule has 0 spiro atoms. The highest BCUT2D eigenvalue weighted by molar-refractivity contribution is 7.16. The van der Waals surface area contributed by atoms with Gasteiger partial charge in [-0.25, -0.2) is 0 Å². The van der Waals surface area contributed by atoms with Crippen LogP contribution < -0.4 is 15.5 Å². The number of phenols is 1. The molecule has 0 saturated heterocycles. The van der Waals surface area contributed by atoms with E-state index in [1.165, 1.54) is 17.2 Å². The number of benzene rings is 2. The van der Waals surface area contributed by atoms with E-state index in [1.807, 2.05) is 0 Å². The third kappa shape index (κ3) is 5.90. The zero-order valence-electron chi connectivity index (χ0n) is 17.3. The summed E-state index contributed by atoms with van der Waals surface area (Å²) in [6, 6.07) is 11.9. The van der Waals surface area contributed by atoms with E-state index in [9.17, 15) is 15.0 Å². The first kappa shape index (κ1) is 22.5. The molecule has 0 radical (unpaired) electrons. The minimum Gasteiger partial charge on any atom is -0.506 e. The normalized spacial score (nSPS) is 13.6. The van der Waals surface area contributed by atoms with E-state index in [2.05, 4.69) is 46.8 Å². The summed E-state index contributed by atoms with van der Waals surface area (Å²) in [6.45, 7) is 4.65. The van der Waals surface area contributed by atoms with Crippen molar-refractivity contribution < 1.29 is 14.9 Å². The lowest BCUT2D eigenvalue weighted by Crippen LogP contribution is -2.29. The highest BCUT2D eigenvalue weighted by Gasteiger charge is 2.15. The standard InChI is InChI=1S/C22H29N3O4S/c1-14(13-29-2)24-11-16-5-3-4-15(10-16)8-9-23-12-19(27)17-6-7-18(26)20-21(17)30-22(28)25-20/h3-7,10,14,19,23-24,26-27H,8-9,11-13H2,1-2H3,(H,25,28). The molecule has 8 heteroatoms. The molecule has 0 bridgehead atoms. The van der Waals surface area contributed by atoms with Crippen LogP contribution in [0.5, 0.6) is 5.75 Å². The van der Waals surface area contributed by atoms with Crippen LogP contribution in [0.25, 0.3) is 10.2 Å². The van der Waals surface area contributed by atoms with Crippen LogP contribution in [-0.4, -0.2) is 48.0 Å². The molecule has 30 heavy (non-hydrogen) atoms. The lowest BCUT2D eigenvalue weighted by atomic mass is 10.1. The molecule has 2 unspecified atom stereocenters. The van der Waals surface area contributed by atoms with Gasteiger partial charge in [0.25, 0.3) is 0 Å². The van der Waals surface area contributed by atoms with Gasteiger partial charge < -0.3 is 30.6 Å². The monoisotopic (exact) mass is 431 g/mol. The highest BCUT2D eigenvalue weighted by Crippen LogP contribution is 2.31. The van der Waals surface area contributed by atoms with Gasteiger partial charge in [-0.05, 0) is 37.1 Å². The summed E-state index contributed by atoms with van der Waals surface area (Å²) in [6.07, 6.45) is 0.0776. The molecule has 2 aromatic carbocycles. The molecule has 3 aromatic rings. The maximum absolute atomic E-state index is 11.6. The number of thiazole rings is 1. The third-order valence-electron chi connectivity index (χ3n) is 4.94. The lowest BCUT2D eigenvalue weighted by molar-refractivity contribution is 0.171. The topological polar surface area (TPSA) is 107 Å². The van der Waals surface area contributed by atoms with Crippen LogP contribution in [0.15, 0.2) is 41.2 Å².